The molecule has 0 aliphatic heterocycles. The number of hydrogen-bond acceptors (Lipinski definition) is 3. The third-order valence-electron chi connectivity index (χ3n) is 5.96. The van der Waals surface area contributed by atoms with Gasteiger partial charge in [0.05, 0.1) is 5.52 Å². The molecule has 31 heavy (non-hydrogen) atoms. The number of carbonyl (C=O) groups excluding carboxylic acids is 1. The van der Waals surface area contributed by atoms with E-state index in [1.807, 2.05) is 38.1 Å². The predicted molar refractivity (Wildman–Crippen MR) is 127 cm³/mol. The Balaban J connectivity index is 1.95. The maximum atomic E-state index is 13.3. The number of aromatic nitrogens is 1. The molecule has 2 aromatic carbocycles. The highest BCUT2D eigenvalue weighted by Crippen LogP contribution is 2.28. The van der Waals surface area contributed by atoms with Crippen molar-refractivity contribution < 1.29 is 9.90 Å². The maximum Gasteiger partial charge on any atom is 0.267 e. The molecule has 0 unspecified atom stereocenters. The fourth-order valence-corrected chi connectivity index (χ4v) is 3.94. The average molecular weight is 421 g/mol. The number of hydrogen-bond donors (Lipinski definition) is 2. The SMILES string of the molecule is CCCCCCCCn1c(=O)c(C(=O)Nc2cccc(C)c2C)c(O)c2ccccc21. The molecule has 1 heterocycles. The Labute approximate surface area is 183 Å². The molecular weight excluding hydrogens is 388 g/mol. The Morgan fingerprint density at radius 1 is 0.968 bits per heavy atom. The van der Waals surface area contributed by atoms with Gasteiger partial charge in [-0.3, -0.25) is 9.59 Å². The number of fused-ring (bicyclic) bond motifs is 1. The van der Waals surface area contributed by atoms with Crippen LogP contribution in [0.4, 0.5) is 5.69 Å². The van der Waals surface area contributed by atoms with E-state index in [1.165, 1.54) is 19.3 Å². The standard InChI is InChI=1S/C26H32N2O3/c1-4-5-6-7-8-11-17-28-22-16-10-9-14-20(22)24(29)23(26(28)31)25(30)27-21-15-12-13-18(2)19(21)3/h9-10,12-16,29H,4-8,11,17H2,1-3H3,(H,27,30). The summed E-state index contributed by atoms with van der Waals surface area (Å²) in [6, 6.07) is 12.8. The van der Waals surface area contributed by atoms with E-state index < -0.39 is 11.5 Å². The van der Waals surface area contributed by atoms with E-state index >= 15 is 0 Å². The van der Waals surface area contributed by atoms with Crippen LogP contribution < -0.4 is 10.9 Å². The lowest BCUT2D eigenvalue weighted by Crippen LogP contribution is -2.30. The van der Waals surface area contributed by atoms with Crippen molar-refractivity contribution in [1.82, 2.24) is 4.57 Å². The molecule has 5 heteroatoms. The number of pyridine rings is 1. The number of unbranched alkanes of at least 4 members (excludes halogenated alkanes) is 5. The lowest BCUT2D eigenvalue weighted by molar-refractivity contribution is 0.102. The zero-order valence-electron chi connectivity index (χ0n) is 18.7. The zero-order valence-corrected chi connectivity index (χ0v) is 18.7. The van der Waals surface area contributed by atoms with Gasteiger partial charge in [-0.25, -0.2) is 0 Å². The Bertz CT molecular complexity index is 1130. The summed E-state index contributed by atoms with van der Waals surface area (Å²) in [6.07, 6.45) is 6.65. The van der Waals surface area contributed by atoms with Crippen LogP contribution in [0.1, 0.15) is 66.9 Å². The minimum atomic E-state index is -0.585. The highest BCUT2D eigenvalue weighted by Gasteiger charge is 2.22. The molecule has 3 aromatic rings. The van der Waals surface area contributed by atoms with E-state index in [0.717, 1.165) is 30.4 Å². The number of aryl methyl sites for hydroxylation is 2. The summed E-state index contributed by atoms with van der Waals surface area (Å²) in [7, 11) is 0. The number of amides is 1. The Hall–Kier alpha value is -3.08. The fraction of sp³-hybridized carbons (Fsp3) is 0.385. The second kappa shape index (κ2) is 10.3. The van der Waals surface area contributed by atoms with Gasteiger partial charge in [-0.05, 0) is 49.6 Å². The van der Waals surface area contributed by atoms with Crippen molar-refractivity contribution in [2.45, 2.75) is 65.8 Å². The molecule has 0 fully saturated rings. The van der Waals surface area contributed by atoms with Crippen molar-refractivity contribution in [3.8, 4) is 5.75 Å². The van der Waals surface area contributed by atoms with Gasteiger partial charge in [0.1, 0.15) is 11.3 Å². The quantitative estimate of drug-likeness (QED) is 0.421. The number of carbonyl (C=O) groups is 1. The van der Waals surface area contributed by atoms with Crippen LogP contribution in [0.3, 0.4) is 0 Å². The summed E-state index contributed by atoms with van der Waals surface area (Å²) >= 11 is 0. The monoisotopic (exact) mass is 420 g/mol. The van der Waals surface area contributed by atoms with Crippen LogP contribution in [-0.4, -0.2) is 15.6 Å². The van der Waals surface area contributed by atoms with E-state index in [1.54, 1.807) is 22.8 Å². The van der Waals surface area contributed by atoms with Crippen LogP contribution in [0, 0.1) is 13.8 Å². The van der Waals surface area contributed by atoms with Gasteiger partial charge in [0.2, 0.25) is 0 Å². The van der Waals surface area contributed by atoms with Crippen LogP contribution in [0.25, 0.3) is 10.9 Å². The molecule has 0 radical (unpaired) electrons. The molecule has 0 bridgehead atoms. The van der Waals surface area contributed by atoms with Gasteiger partial charge in [-0.1, -0.05) is 63.3 Å². The number of nitrogens with zero attached hydrogens (tertiary/aromatic N) is 1. The summed E-state index contributed by atoms with van der Waals surface area (Å²) in [5.41, 5.74) is 2.61. The van der Waals surface area contributed by atoms with Crippen molar-refractivity contribution >= 4 is 22.5 Å². The van der Waals surface area contributed by atoms with Crippen molar-refractivity contribution in [3.05, 3.63) is 69.5 Å². The van der Waals surface area contributed by atoms with Gasteiger partial charge in [0, 0.05) is 17.6 Å². The number of anilines is 1. The minimum absolute atomic E-state index is 0.203. The van der Waals surface area contributed by atoms with E-state index in [2.05, 4.69) is 12.2 Å². The first-order valence-electron chi connectivity index (χ1n) is 11.2. The Kier molecular flexibility index (Phi) is 7.50. The summed E-state index contributed by atoms with van der Waals surface area (Å²) in [6.45, 7) is 6.59. The molecular formula is C26H32N2O3. The molecule has 5 nitrogen and oxygen atoms in total. The lowest BCUT2D eigenvalue weighted by atomic mass is 10.1. The molecule has 0 aliphatic carbocycles. The topological polar surface area (TPSA) is 71.3 Å². The highest BCUT2D eigenvalue weighted by molar-refractivity contribution is 6.09. The predicted octanol–water partition coefficient (Wildman–Crippen LogP) is 5.94. The van der Waals surface area contributed by atoms with Crippen LogP contribution in [-0.2, 0) is 6.54 Å². The van der Waals surface area contributed by atoms with E-state index in [9.17, 15) is 14.7 Å². The highest BCUT2D eigenvalue weighted by atomic mass is 16.3. The largest absolute Gasteiger partial charge is 0.506 e. The Morgan fingerprint density at radius 2 is 1.68 bits per heavy atom. The average Bonchev–Trinajstić information content (AvgIpc) is 2.76. The molecule has 1 aromatic heterocycles. The van der Waals surface area contributed by atoms with Gasteiger partial charge in [-0.2, -0.15) is 0 Å². The van der Waals surface area contributed by atoms with Gasteiger partial charge < -0.3 is 15.0 Å². The van der Waals surface area contributed by atoms with E-state index in [0.29, 0.717) is 23.1 Å². The van der Waals surface area contributed by atoms with Crippen LogP contribution in [0.15, 0.2) is 47.3 Å². The number of benzene rings is 2. The molecule has 3 rings (SSSR count). The van der Waals surface area contributed by atoms with Crippen LogP contribution in [0.5, 0.6) is 5.75 Å². The molecule has 0 saturated carbocycles. The number of rotatable bonds is 9. The molecule has 0 aliphatic rings. The van der Waals surface area contributed by atoms with E-state index in [4.69, 9.17) is 0 Å². The summed E-state index contributed by atoms with van der Waals surface area (Å²) in [5, 5.41) is 14.2. The maximum absolute atomic E-state index is 13.3. The molecule has 2 N–H and O–H groups in total. The van der Waals surface area contributed by atoms with Gasteiger partial charge in [-0.15, -0.1) is 0 Å². The van der Waals surface area contributed by atoms with E-state index in [-0.39, 0.29) is 11.3 Å². The minimum Gasteiger partial charge on any atom is -0.506 e. The smallest absolute Gasteiger partial charge is 0.267 e. The van der Waals surface area contributed by atoms with Crippen LogP contribution >= 0.6 is 0 Å². The molecule has 0 saturated heterocycles. The first-order valence-corrected chi connectivity index (χ1v) is 11.2. The molecule has 0 spiro atoms. The number of para-hydroxylation sites is 1. The third-order valence-corrected chi connectivity index (χ3v) is 5.96. The van der Waals surface area contributed by atoms with Gasteiger partial charge >= 0.3 is 0 Å². The first kappa shape index (κ1) is 22.6. The summed E-state index contributed by atoms with van der Waals surface area (Å²) < 4.78 is 1.63. The first-order chi connectivity index (χ1) is 15.0. The third kappa shape index (κ3) is 4.98. The lowest BCUT2D eigenvalue weighted by Gasteiger charge is -2.16. The number of aromatic hydroxyl groups is 1. The van der Waals surface area contributed by atoms with Gasteiger partial charge in [0.25, 0.3) is 11.5 Å². The second-order valence-electron chi connectivity index (χ2n) is 8.17. The Morgan fingerprint density at radius 3 is 2.45 bits per heavy atom. The van der Waals surface area contributed by atoms with Crippen molar-refractivity contribution in [2.24, 2.45) is 0 Å². The molecule has 0 atom stereocenters. The van der Waals surface area contributed by atoms with Crippen molar-refractivity contribution in [3.63, 3.8) is 0 Å². The normalized spacial score (nSPS) is 11.1. The molecule has 164 valence electrons. The fourth-order valence-electron chi connectivity index (χ4n) is 3.94. The summed E-state index contributed by atoms with van der Waals surface area (Å²) in [5.74, 6) is -0.846. The molecule has 1 amide bonds. The zero-order chi connectivity index (χ0) is 22.4. The summed E-state index contributed by atoms with van der Waals surface area (Å²) in [4.78, 5) is 26.4. The van der Waals surface area contributed by atoms with Crippen molar-refractivity contribution in [1.29, 1.82) is 0 Å². The van der Waals surface area contributed by atoms with Gasteiger partial charge in [0.15, 0.2) is 0 Å². The second-order valence-corrected chi connectivity index (χ2v) is 8.17. The van der Waals surface area contributed by atoms with Crippen LogP contribution in [0.2, 0.25) is 0 Å². The van der Waals surface area contributed by atoms with Crippen molar-refractivity contribution in [2.75, 3.05) is 5.32 Å². The number of nitrogens with one attached hydrogen (secondary N) is 1.